The van der Waals surface area contributed by atoms with Crippen LogP contribution in [0.3, 0.4) is 0 Å². The van der Waals surface area contributed by atoms with Crippen LogP contribution in [0, 0.1) is 30.3 Å². The van der Waals surface area contributed by atoms with Gasteiger partial charge in [0.1, 0.15) is 11.4 Å². The van der Waals surface area contributed by atoms with Gasteiger partial charge >= 0.3 is 11.4 Å². The molecule has 14 nitrogen and oxygen atoms in total. The maximum absolute atomic E-state index is 11.7. The number of para-hydroxylation sites is 1. The fraction of sp³-hybridized carbons (Fsp3) is 0.143. The SMILES string of the molecule is Nc1c(O)c([N+](=O)[O-])c(NCCO)c([N+](=O)[O-])c1N(c1ccccc1)[N+](=O)[O-]. The molecular formula is C14H14N6O8. The van der Waals surface area contributed by atoms with Gasteiger partial charge in [0.05, 0.1) is 16.5 Å². The normalized spacial score (nSPS) is 10.3. The number of nitrogens with one attached hydrogen (secondary N) is 1. The van der Waals surface area contributed by atoms with E-state index in [1.54, 1.807) is 6.07 Å². The molecule has 5 N–H and O–H groups in total. The van der Waals surface area contributed by atoms with Crippen molar-refractivity contribution < 1.29 is 25.1 Å². The summed E-state index contributed by atoms with van der Waals surface area (Å²) < 4.78 is 0. The molecule has 0 radical (unpaired) electrons. The summed E-state index contributed by atoms with van der Waals surface area (Å²) in [6.07, 6.45) is 0. The van der Waals surface area contributed by atoms with E-state index in [-0.39, 0.29) is 17.2 Å². The van der Waals surface area contributed by atoms with Crippen LogP contribution in [0.1, 0.15) is 0 Å². The number of nitrogens with zero attached hydrogens (tertiary/aromatic N) is 4. The fourth-order valence-electron chi connectivity index (χ4n) is 2.51. The van der Waals surface area contributed by atoms with Gasteiger partial charge in [-0.25, -0.2) is 10.1 Å². The van der Waals surface area contributed by atoms with E-state index in [1.807, 2.05) is 0 Å². The molecule has 2 aromatic rings. The van der Waals surface area contributed by atoms with E-state index < -0.39 is 55.7 Å². The minimum atomic E-state index is -1.19. The quantitative estimate of drug-likeness (QED) is 0.218. The van der Waals surface area contributed by atoms with Crippen LogP contribution in [-0.4, -0.2) is 38.2 Å². The molecule has 0 heterocycles. The van der Waals surface area contributed by atoms with Crippen molar-refractivity contribution in [2.45, 2.75) is 0 Å². The molecule has 2 aromatic carbocycles. The Labute approximate surface area is 155 Å². The summed E-state index contributed by atoms with van der Waals surface area (Å²) >= 11 is 0. The van der Waals surface area contributed by atoms with Gasteiger partial charge in [-0.15, -0.1) is 0 Å². The summed E-state index contributed by atoms with van der Waals surface area (Å²) in [5, 5.41) is 55.3. The number of nitro groups is 3. The van der Waals surface area contributed by atoms with E-state index in [1.165, 1.54) is 24.3 Å². The van der Waals surface area contributed by atoms with Crippen molar-refractivity contribution in [3.63, 3.8) is 0 Å². The highest BCUT2D eigenvalue weighted by Gasteiger charge is 2.42. The van der Waals surface area contributed by atoms with Crippen molar-refractivity contribution in [2.75, 3.05) is 29.2 Å². The van der Waals surface area contributed by atoms with Gasteiger partial charge in [0, 0.05) is 6.54 Å². The third-order valence-corrected chi connectivity index (χ3v) is 3.59. The van der Waals surface area contributed by atoms with Crippen molar-refractivity contribution in [1.82, 2.24) is 0 Å². The summed E-state index contributed by atoms with van der Waals surface area (Å²) in [7, 11) is 0. The van der Waals surface area contributed by atoms with Gasteiger partial charge in [-0.2, -0.15) is 0 Å². The first-order valence-electron chi connectivity index (χ1n) is 7.53. The molecule has 0 amide bonds. The lowest BCUT2D eigenvalue weighted by atomic mass is 10.1. The Balaban J connectivity index is 2.97. The van der Waals surface area contributed by atoms with Crippen LogP contribution < -0.4 is 16.1 Å². The second-order valence-electron chi connectivity index (χ2n) is 5.23. The van der Waals surface area contributed by atoms with Crippen LogP contribution >= 0.6 is 0 Å². The average molecular weight is 394 g/mol. The Morgan fingerprint density at radius 1 is 1.04 bits per heavy atom. The summed E-state index contributed by atoms with van der Waals surface area (Å²) in [6.45, 7) is -0.930. The summed E-state index contributed by atoms with van der Waals surface area (Å²) in [4.78, 5) is 32.5. The number of aliphatic hydroxyl groups excluding tert-OH is 1. The number of nitrogen functional groups attached to an aromatic ring is 1. The topological polar surface area (TPSA) is 211 Å². The Bertz CT molecular complexity index is 935. The van der Waals surface area contributed by atoms with Gasteiger partial charge in [-0.3, -0.25) is 20.2 Å². The van der Waals surface area contributed by atoms with Crippen molar-refractivity contribution >= 4 is 34.1 Å². The number of phenolic OH excluding ortho intramolecular Hbond substituents is 1. The molecule has 0 aliphatic carbocycles. The van der Waals surface area contributed by atoms with Crippen LogP contribution in [0.5, 0.6) is 5.75 Å². The third-order valence-electron chi connectivity index (χ3n) is 3.59. The predicted octanol–water partition coefficient (Wildman–Crippen LogP) is 1.52. The molecule has 0 fully saturated rings. The first kappa shape index (κ1) is 20.1. The van der Waals surface area contributed by atoms with E-state index in [0.717, 1.165) is 0 Å². The summed E-state index contributed by atoms with van der Waals surface area (Å²) in [5.74, 6) is -1.19. The van der Waals surface area contributed by atoms with Crippen LogP contribution in [0.25, 0.3) is 0 Å². The van der Waals surface area contributed by atoms with Gasteiger partial charge in [0.15, 0.2) is 10.7 Å². The Hall–Kier alpha value is -4.20. The summed E-state index contributed by atoms with van der Waals surface area (Å²) in [6, 6.07) is 6.89. The Morgan fingerprint density at radius 2 is 1.61 bits per heavy atom. The lowest BCUT2D eigenvalue weighted by molar-refractivity contribution is -0.484. The number of hydrogen-bond donors (Lipinski definition) is 4. The zero-order valence-corrected chi connectivity index (χ0v) is 14.0. The van der Waals surface area contributed by atoms with Crippen molar-refractivity contribution in [2.24, 2.45) is 0 Å². The standard InChI is InChI=1S/C14H14N6O8/c15-9-11(17(20(27)28)8-4-2-1-3-5-8)12(18(23)24)10(16-6-7-21)13(14(9)22)19(25)26/h1-5,16,21-22H,6-7,15H2. The molecule has 0 aliphatic rings. The number of phenols is 1. The maximum atomic E-state index is 11.7. The highest BCUT2D eigenvalue weighted by atomic mass is 16.7. The minimum absolute atomic E-state index is 0.149. The van der Waals surface area contributed by atoms with E-state index in [9.17, 15) is 35.4 Å². The van der Waals surface area contributed by atoms with Gasteiger partial charge in [-0.05, 0) is 12.1 Å². The monoisotopic (exact) mass is 394 g/mol. The molecule has 148 valence electrons. The van der Waals surface area contributed by atoms with Crippen LogP contribution in [0.4, 0.5) is 34.1 Å². The predicted molar refractivity (Wildman–Crippen MR) is 97.0 cm³/mol. The Morgan fingerprint density at radius 3 is 2.07 bits per heavy atom. The second-order valence-corrected chi connectivity index (χ2v) is 5.23. The molecule has 0 saturated carbocycles. The number of rotatable bonds is 8. The number of aromatic hydroxyl groups is 1. The molecule has 0 aliphatic heterocycles. The first-order chi connectivity index (χ1) is 13.2. The van der Waals surface area contributed by atoms with Crippen molar-refractivity contribution in [1.29, 1.82) is 0 Å². The molecule has 14 heteroatoms. The van der Waals surface area contributed by atoms with E-state index in [0.29, 0.717) is 0 Å². The van der Waals surface area contributed by atoms with Gasteiger partial charge in [0.2, 0.25) is 11.4 Å². The summed E-state index contributed by atoms with van der Waals surface area (Å²) in [5.41, 5.74) is 0.641. The number of nitrogens with two attached hydrogens (primary N) is 1. The molecule has 0 aromatic heterocycles. The zero-order chi connectivity index (χ0) is 21.0. The lowest BCUT2D eigenvalue weighted by Crippen LogP contribution is -2.27. The second kappa shape index (κ2) is 8.00. The lowest BCUT2D eigenvalue weighted by Gasteiger charge is -2.18. The van der Waals surface area contributed by atoms with E-state index in [4.69, 9.17) is 10.8 Å². The number of benzene rings is 2. The van der Waals surface area contributed by atoms with Gasteiger partial charge in [-0.1, -0.05) is 23.2 Å². The highest BCUT2D eigenvalue weighted by molar-refractivity contribution is 5.98. The molecule has 0 spiro atoms. The highest BCUT2D eigenvalue weighted by Crippen LogP contribution is 2.53. The molecular weight excluding hydrogens is 380 g/mol. The smallest absolute Gasteiger partial charge is 0.343 e. The van der Waals surface area contributed by atoms with Crippen LogP contribution in [-0.2, 0) is 0 Å². The van der Waals surface area contributed by atoms with Crippen LogP contribution in [0.2, 0.25) is 0 Å². The van der Waals surface area contributed by atoms with Gasteiger partial charge < -0.3 is 21.3 Å². The molecule has 0 bridgehead atoms. The average Bonchev–Trinajstić information content (AvgIpc) is 2.63. The molecule has 0 unspecified atom stereocenters. The molecule has 28 heavy (non-hydrogen) atoms. The number of hydrazine groups is 1. The van der Waals surface area contributed by atoms with Gasteiger partial charge in [0.25, 0.3) is 0 Å². The van der Waals surface area contributed by atoms with Crippen molar-refractivity contribution in [3.05, 3.63) is 60.7 Å². The molecule has 0 saturated heterocycles. The number of hydrogen-bond acceptors (Lipinski definition) is 10. The van der Waals surface area contributed by atoms with E-state index >= 15 is 0 Å². The zero-order valence-electron chi connectivity index (χ0n) is 14.0. The third kappa shape index (κ3) is 3.51. The number of aliphatic hydroxyl groups is 1. The number of anilines is 4. The number of nitro benzene ring substituents is 2. The fourth-order valence-corrected chi connectivity index (χ4v) is 2.51. The largest absolute Gasteiger partial charge is 0.501 e. The first-order valence-corrected chi connectivity index (χ1v) is 7.53. The molecule has 0 atom stereocenters. The minimum Gasteiger partial charge on any atom is -0.501 e. The Kier molecular flexibility index (Phi) is 5.75. The van der Waals surface area contributed by atoms with Crippen LogP contribution in [0.15, 0.2) is 30.3 Å². The van der Waals surface area contributed by atoms with Crippen molar-refractivity contribution in [3.8, 4) is 5.75 Å². The molecule has 2 rings (SSSR count). The maximum Gasteiger partial charge on any atom is 0.343 e. The van der Waals surface area contributed by atoms with E-state index in [2.05, 4.69) is 5.32 Å².